The van der Waals surface area contributed by atoms with Crippen molar-refractivity contribution in [3.05, 3.63) is 118 Å². The Morgan fingerprint density at radius 3 is 2.51 bits per heavy atom. The Morgan fingerprint density at radius 2 is 1.76 bits per heavy atom. The molecule has 1 aliphatic heterocycles. The Bertz CT molecular complexity index is 1490. The van der Waals surface area contributed by atoms with E-state index in [1.807, 2.05) is 63.5 Å². The summed E-state index contributed by atoms with van der Waals surface area (Å²) in [6.45, 7) is 3.33. The molecule has 0 aliphatic carbocycles. The number of carbonyl (C=O) groups excluding carboxylic acids is 2. The molecule has 188 valence electrons. The fourth-order valence-electron chi connectivity index (χ4n) is 4.81. The lowest BCUT2D eigenvalue weighted by Gasteiger charge is -2.20. The van der Waals surface area contributed by atoms with Crippen LogP contribution in [0.5, 0.6) is 0 Å². The molecule has 1 aliphatic rings. The fraction of sp³-hybridized carbons (Fsp3) is 0.200. The zero-order chi connectivity index (χ0) is 26.1. The van der Waals surface area contributed by atoms with E-state index in [2.05, 4.69) is 32.2 Å². The van der Waals surface area contributed by atoms with E-state index in [1.54, 1.807) is 24.3 Å². The van der Waals surface area contributed by atoms with Crippen LogP contribution >= 0.6 is 11.6 Å². The Balaban J connectivity index is 1.46. The van der Waals surface area contributed by atoms with Crippen LogP contribution in [-0.4, -0.2) is 35.3 Å². The summed E-state index contributed by atoms with van der Waals surface area (Å²) in [5, 5.41) is 6.65. The first-order valence-electron chi connectivity index (χ1n) is 12.2. The van der Waals surface area contributed by atoms with E-state index in [0.717, 1.165) is 34.7 Å². The second-order valence-electron chi connectivity index (χ2n) is 9.64. The molecule has 0 saturated carbocycles. The number of nitrogens with zero attached hydrogens (tertiary/aromatic N) is 2. The Morgan fingerprint density at radius 1 is 1.00 bits per heavy atom. The van der Waals surface area contributed by atoms with Crippen LogP contribution in [0.25, 0.3) is 0 Å². The van der Waals surface area contributed by atoms with Gasteiger partial charge >= 0.3 is 0 Å². The average Bonchev–Trinajstić information content (AvgIpc) is 3.15. The molecule has 37 heavy (non-hydrogen) atoms. The Labute approximate surface area is 221 Å². The highest BCUT2D eigenvalue weighted by molar-refractivity contribution is 6.34. The summed E-state index contributed by atoms with van der Waals surface area (Å²) < 4.78 is 2.21. The van der Waals surface area contributed by atoms with Crippen molar-refractivity contribution in [3.8, 4) is 0 Å². The standard InChI is InChI=1S/C30H29ClN4O2/c1-19-8-4-6-10-23(19)30(37)32-21-12-14-24(25(31)16-21)29(36)28-27-15-13-22(18-34(2)3)35(27)17-20-9-5-7-11-26(20)33-28/h4-16,28,33H,17-18H2,1-3H3,(H,32,37). The first-order valence-corrected chi connectivity index (χ1v) is 12.6. The smallest absolute Gasteiger partial charge is 0.255 e. The van der Waals surface area contributed by atoms with Crippen molar-refractivity contribution in [3.63, 3.8) is 0 Å². The first-order chi connectivity index (χ1) is 17.8. The van der Waals surface area contributed by atoms with Crippen LogP contribution in [0.15, 0.2) is 78.9 Å². The van der Waals surface area contributed by atoms with E-state index in [4.69, 9.17) is 11.6 Å². The van der Waals surface area contributed by atoms with Crippen molar-refractivity contribution in [1.82, 2.24) is 9.47 Å². The summed E-state index contributed by atoms with van der Waals surface area (Å²) in [4.78, 5) is 28.8. The molecule has 0 bridgehead atoms. The van der Waals surface area contributed by atoms with E-state index in [-0.39, 0.29) is 11.7 Å². The molecule has 0 fully saturated rings. The van der Waals surface area contributed by atoms with Gasteiger partial charge in [-0.3, -0.25) is 9.59 Å². The third-order valence-electron chi connectivity index (χ3n) is 6.67. The van der Waals surface area contributed by atoms with Gasteiger partial charge in [-0.1, -0.05) is 48.0 Å². The minimum absolute atomic E-state index is 0.130. The SMILES string of the molecule is Cc1ccccc1C(=O)Nc1ccc(C(=O)C2Nc3ccccc3Cn3c(CN(C)C)ccc32)c(Cl)c1. The number of halogens is 1. The van der Waals surface area contributed by atoms with E-state index >= 15 is 0 Å². The largest absolute Gasteiger partial charge is 0.370 e. The van der Waals surface area contributed by atoms with Crippen molar-refractivity contribution in [1.29, 1.82) is 0 Å². The van der Waals surface area contributed by atoms with E-state index < -0.39 is 6.04 Å². The summed E-state index contributed by atoms with van der Waals surface area (Å²) in [5.74, 6) is -0.351. The summed E-state index contributed by atoms with van der Waals surface area (Å²) in [6, 6.07) is 24.0. The Kier molecular flexibility index (Phi) is 6.87. The van der Waals surface area contributed by atoms with Gasteiger partial charge in [-0.05, 0) is 74.6 Å². The second-order valence-corrected chi connectivity index (χ2v) is 10.0. The average molecular weight is 513 g/mol. The first kappa shape index (κ1) is 24.8. The number of aromatic nitrogens is 1. The van der Waals surface area contributed by atoms with Crippen LogP contribution in [0.3, 0.4) is 0 Å². The molecule has 4 aromatic rings. The monoisotopic (exact) mass is 512 g/mol. The summed E-state index contributed by atoms with van der Waals surface area (Å²) in [6.07, 6.45) is 0. The van der Waals surface area contributed by atoms with Gasteiger partial charge in [0.05, 0.1) is 5.02 Å². The highest BCUT2D eigenvalue weighted by atomic mass is 35.5. The van der Waals surface area contributed by atoms with Crippen LogP contribution in [0.1, 0.15) is 49.3 Å². The molecule has 5 rings (SSSR count). The van der Waals surface area contributed by atoms with E-state index in [0.29, 0.717) is 28.4 Å². The van der Waals surface area contributed by atoms with Crippen LogP contribution in [0.2, 0.25) is 5.02 Å². The van der Waals surface area contributed by atoms with Crippen molar-refractivity contribution in [2.75, 3.05) is 24.7 Å². The van der Waals surface area contributed by atoms with Crippen LogP contribution in [-0.2, 0) is 13.1 Å². The zero-order valence-corrected chi connectivity index (χ0v) is 21.8. The number of Topliss-reactive ketones (excluding diaryl/α,β-unsaturated/α-hetero) is 1. The second kappa shape index (κ2) is 10.2. The fourth-order valence-corrected chi connectivity index (χ4v) is 5.08. The van der Waals surface area contributed by atoms with Gasteiger partial charge in [-0.2, -0.15) is 0 Å². The van der Waals surface area contributed by atoms with Gasteiger partial charge in [0.1, 0.15) is 6.04 Å². The molecule has 1 atom stereocenters. The Hall–Kier alpha value is -3.87. The van der Waals surface area contributed by atoms with Gasteiger partial charge in [0.2, 0.25) is 0 Å². The molecule has 1 amide bonds. The van der Waals surface area contributed by atoms with E-state index in [1.165, 1.54) is 0 Å². The molecule has 7 heteroatoms. The minimum atomic E-state index is -0.607. The van der Waals surface area contributed by atoms with Crippen molar-refractivity contribution < 1.29 is 9.59 Å². The molecular formula is C30H29ClN4O2. The number of aryl methyl sites for hydroxylation is 1. The molecule has 0 radical (unpaired) electrons. The lowest BCUT2D eigenvalue weighted by atomic mass is 10.0. The lowest BCUT2D eigenvalue weighted by molar-refractivity contribution is 0.0966. The molecular weight excluding hydrogens is 484 g/mol. The molecule has 2 heterocycles. The zero-order valence-electron chi connectivity index (χ0n) is 21.1. The number of benzene rings is 3. The third-order valence-corrected chi connectivity index (χ3v) is 6.98. The topological polar surface area (TPSA) is 66.4 Å². The van der Waals surface area contributed by atoms with Gasteiger partial charge in [0, 0.05) is 47.0 Å². The van der Waals surface area contributed by atoms with Crippen LogP contribution < -0.4 is 10.6 Å². The predicted molar refractivity (Wildman–Crippen MR) is 149 cm³/mol. The number of anilines is 2. The number of rotatable bonds is 6. The van der Waals surface area contributed by atoms with Crippen LogP contribution in [0, 0.1) is 6.92 Å². The van der Waals surface area contributed by atoms with Gasteiger partial charge in [0.25, 0.3) is 5.91 Å². The van der Waals surface area contributed by atoms with Crippen molar-refractivity contribution in [2.45, 2.75) is 26.1 Å². The van der Waals surface area contributed by atoms with Crippen LogP contribution in [0.4, 0.5) is 11.4 Å². The normalized spacial score (nSPS) is 14.4. The maximum atomic E-state index is 13.9. The summed E-state index contributed by atoms with van der Waals surface area (Å²) in [7, 11) is 4.06. The van der Waals surface area contributed by atoms with Gasteiger partial charge < -0.3 is 20.1 Å². The molecule has 2 N–H and O–H groups in total. The van der Waals surface area contributed by atoms with Crippen molar-refractivity contribution >= 4 is 34.7 Å². The number of hydrogen-bond donors (Lipinski definition) is 2. The highest BCUT2D eigenvalue weighted by Gasteiger charge is 2.30. The van der Waals surface area contributed by atoms with Crippen molar-refractivity contribution in [2.24, 2.45) is 0 Å². The molecule has 6 nitrogen and oxygen atoms in total. The van der Waals surface area contributed by atoms with Gasteiger partial charge in [-0.25, -0.2) is 0 Å². The number of nitrogens with one attached hydrogen (secondary N) is 2. The number of amides is 1. The quantitative estimate of drug-likeness (QED) is 0.303. The molecule has 3 aromatic carbocycles. The molecule has 1 unspecified atom stereocenters. The molecule has 0 spiro atoms. The predicted octanol–water partition coefficient (Wildman–Crippen LogP) is 6.16. The number of hydrogen-bond acceptors (Lipinski definition) is 4. The maximum absolute atomic E-state index is 13.9. The van der Waals surface area contributed by atoms with Gasteiger partial charge in [-0.15, -0.1) is 0 Å². The number of ketones is 1. The summed E-state index contributed by atoms with van der Waals surface area (Å²) in [5.41, 5.74) is 6.49. The number of para-hydroxylation sites is 1. The number of fused-ring (bicyclic) bond motifs is 2. The molecule has 0 saturated heterocycles. The van der Waals surface area contributed by atoms with Gasteiger partial charge in [0.15, 0.2) is 5.78 Å². The molecule has 1 aromatic heterocycles. The number of carbonyl (C=O) groups is 2. The lowest BCUT2D eigenvalue weighted by Crippen LogP contribution is -2.23. The maximum Gasteiger partial charge on any atom is 0.255 e. The minimum Gasteiger partial charge on any atom is -0.370 e. The third kappa shape index (κ3) is 5.03. The van der Waals surface area contributed by atoms with E-state index in [9.17, 15) is 9.59 Å². The summed E-state index contributed by atoms with van der Waals surface area (Å²) >= 11 is 6.63. The highest BCUT2D eigenvalue weighted by Crippen LogP contribution is 2.34.